The zero-order valence-corrected chi connectivity index (χ0v) is 19.7. The molecule has 1 amide bonds. The molecule has 1 saturated carbocycles. The molecule has 170 valence electrons. The van der Waals surface area contributed by atoms with Crippen LogP contribution in [0.25, 0.3) is 10.8 Å². The molecule has 1 heterocycles. The third-order valence-corrected chi connectivity index (χ3v) is 8.07. The average Bonchev–Trinajstić information content (AvgIpc) is 3.60. The summed E-state index contributed by atoms with van der Waals surface area (Å²) in [5, 5.41) is 9.96. The maximum atomic E-state index is 13.4. The highest BCUT2D eigenvalue weighted by molar-refractivity contribution is 7.91. The van der Waals surface area contributed by atoms with Crippen LogP contribution in [0.1, 0.15) is 23.2 Å². The Bertz CT molecular complexity index is 1150. The second kappa shape index (κ2) is 9.67. The first-order valence-corrected chi connectivity index (χ1v) is 13.4. The van der Waals surface area contributed by atoms with Crippen LogP contribution >= 0.6 is 12.6 Å². The molecule has 1 N–H and O–H groups in total. The molecule has 1 aliphatic heterocycles. The van der Waals surface area contributed by atoms with E-state index in [1.54, 1.807) is 11.0 Å². The van der Waals surface area contributed by atoms with Crippen molar-refractivity contribution in [2.75, 3.05) is 43.4 Å². The van der Waals surface area contributed by atoms with Gasteiger partial charge in [-0.05, 0) is 41.7 Å². The van der Waals surface area contributed by atoms with Crippen molar-refractivity contribution in [3.8, 4) is 0 Å². The number of fused-ring (bicyclic) bond motifs is 1. The van der Waals surface area contributed by atoms with Crippen molar-refractivity contribution >= 4 is 44.9 Å². The predicted octanol–water partition coefficient (Wildman–Crippen LogP) is 3.26. The Kier molecular flexibility index (Phi) is 6.90. The molecule has 4 rings (SSSR count). The van der Waals surface area contributed by atoms with Crippen LogP contribution in [0, 0.1) is 11.3 Å². The summed E-state index contributed by atoms with van der Waals surface area (Å²) in [6.45, 7) is 1.81. The molecule has 0 spiro atoms. The van der Waals surface area contributed by atoms with Crippen LogP contribution in [0.3, 0.4) is 0 Å². The van der Waals surface area contributed by atoms with E-state index in [2.05, 4.69) is 12.6 Å². The summed E-state index contributed by atoms with van der Waals surface area (Å²) in [5.74, 6) is 0.810. The largest absolute Gasteiger partial charge is 0.366 e. The maximum Gasteiger partial charge on any atom is 0.254 e. The summed E-state index contributed by atoms with van der Waals surface area (Å²) < 4.78 is 25.0. The van der Waals surface area contributed by atoms with E-state index in [1.807, 2.05) is 47.4 Å². The molecule has 0 atom stereocenters. The monoisotopic (exact) mass is 471 g/mol. The number of carbonyl (C=O) groups is 1. The van der Waals surface area contributed by atoms with Crippen molar-refractivity contribution in [2.45, 2.75) is 12.8 Å². The van der Waals surface area contributed by atoms with Gasteiger partial charge in [0.15, 0.2) is 9.84 Å². The van der Waals surface area contributed by atoms with E-state index < -0.39 is 9.84 Å². The number of hydrogen-bond acceptors (Lipinski definition) is 6. The Morgan fingerprint density at radius 1 is 1.12 bits per heavy atom. The molecule has 1 aliphatic carbocycles. The fraction of sp³-hybridized carbons (Fsp3) is 0.417. The summed E-state index contributed by atoms with van der Waals surface area (Å²) in [5.41, 5.74) is 1.91. The third kappa shape index (κ3) is 5.53. The Balaban J connectivity index is 1.56. The molecule has 2 aliphatic rings. The molecule has 8 heteroatoms. The highest BCUT2D eigenvalue weighted by Crippen LogP contribution is 2.30. The van der Waals surface area contributed by atoms with E-state index >= 15 is 0 Å². The van der Waals surface area contributed by atoms with Gasteiger partial charge in [0.25, 0.3) is 5.91 Å². The van der Waals surface area contributed by atoms with Crippen LogP contribution in [-0.2, 0) is 9.84 Å². The van der Waals surface area contributed by atoms with Gasteiger partial charge in [-0.25, -0.2) is 8.42 Å². The van der Waals surface area contributed by atoms with Gasteiger partial charge in [0.05, 0.1) is 24.6 Å². The normalized spacial score (nSPS) is 18.3. The van der Waals surface area contributed by atoms with E-state index in [4.69, 9.17) is 5.41 Å². The van der Waals surface area contributed by atoms with Crippen molar-refractivity contribution in [1.29, 1.82) is 5.41 Å². The molecule has 2 aromatic rings. The van der Waals surface area contributed by atoms with E-state index in [-0.39, 0.29) is 17.4 Å². The number of piperazine rings is 1. The van der Waals surface area contributed by atoms with Gasteiger partial charge in [0.2, 0.25) is 0 Å². The lowest BCUT2D eigenvalue weighted by Gasteiger charge is -2.38. The van der Waals surface area contributed by atoms with Crippen molar-refractivity contribution in [1.82, 2.24) is 9.80 Å². The average molecular weight is 472 g/mol. The molecule has 1 saturated heterocycles. The summed E-state index contributed by atoms with van der Waals surface area (Å²) in [4.78, 5) is 17.2. The minimum Gasteiger partial charge on any atom is -0.366 e. The van der Waals surface area contributed by atoms with Crippen LogP contribution in [0.2, 0.25) is 0 Å². The number of rotatable bonds is 8. The quantitative estimate of drug-likeness (QED) is 0.457. The topological polar surface area (TPSA) is 81.5 Å². The Morgan fingerprint density at radius 3 is 2.62 bits per heavy atom. The van der Waals surface area contributed by atoms with E-state index in [0.29, 0.717) is 49.1 Å². The standard InChI is InChI=1S/C24H29N3O3S2/c25-20(16-31)14-26-11-12-27(15-21(26)10-13-32(29,30)17-18-8-9-18)24(28)23-7-3-5-19-4-1-2-6-22(19)23/h1-7,10,18,25,31H,8-9,11-17H2/b21-10+,25-20?. The number of nitrogens with zero attached hydrogens (tertiary/aromatic N) is 2. The van der Waals surface area contributed by atoms with Gasteiger partial charge in [-0.15, -0.1) is 0 Å². The highest BCUT2D eigenvalue weighted by Gasteiger charge is 2.29. The predicted molar refractivity (Wildman–Crippen MR) is 132 cm³/mol. The van der Waals surface area contributed by atoms with Crippen LogP contribution in [0.5, 0.6) is 0 Å². The second-order valence-corrected chi connectivity index (χ2v) is 11.1. The van der Waals surface area contributed by atoms with E-state index in [9.17, 15) is 13.2 Å². The lowest BCUT2D eigenvalue weighted by Crippen LogP contribution is -2.48. The van der Waals surface area contributed by atoms with Gasteiger partial charge in [-0.2, -0.15) is 12.6 Å². The first-order chi connectivity index (χ1) is 15.4. The number of sulfone groups is 1. The lowest BCUT2D eigenvalue weighted by atomic mass is 10.0. The Labute approximate surface area is 195 Å². The number of carbonyl (C=O) groups excluding carboxylic acids is 1. The maximum absolute atomic E-state index is 13.4. The SMILES string of the molecule is N=C(CS)CN1CCN(C(=O)c2cccc3ccccc23)C/C1=C\CS(=O)(=O)CC1CC1. The van der Waals surface area contributed by atoms with Crippen LogP contribution < -0.4 is 0 Å². The summed E-state index contributed by atoms with van der Waals surface area (Å²) in [6, 6.07) is 13.5. The molecule has 2 aromatic carbocycles. The smallest absolute Gasteiger partial charge is 0.254 e. The first-order valence-electron chi connectivity index (χ1n) is 10.9. The van der Waals surface area contributed by atoms with Gasteiger partial charge >= 0.3 is 0 Å². The number of thiol groups is 1. The van der Waals surface area contributed by atoms with E-state index in [0.717, 1.165) is 29.3 Å². The molecule has 0 bridgehead atoms. The molecule has 0 radical (unpaired) electrons. The Morgan fingerprint density at radius 2 is 1.88 bits per heavy atom. The van der Waals surface area contributed by atoms with Crippen molar-refractivity contribution in [3.63, 3.8) is 0 Å². The minimum absolute atomic E-state index is 0.0279. The zero-order chi connectivity index (χ0) is 22.7. The van der Waals surface area contributed by atoms with Crippen LogP contribution in [0.15, 0.2) is 54.2 Å². The molecule has 6 nitrogen and oxygen atoms in total. The van der Waals surface area contributed by atoms with Gasteiger partial charge in [-0.3, -0.25) is 4.79 Å². The molecule has 2 fully saturated rings. The fourth-order valence-electron chi connectivity index (χ4n) is 4.10. The van der Waals surface area contributed by atoms with Crippen molar-refractivity contribution < 1.29 is 13.2 Å². The number of nitrogens with one attached hydrogen (secondary N) is 1. The van der Waals surface area contributed by atoms with Crippen LogP contribution in [-0.4, -0.2) is 73.3 Å². The highest BCUT2D eigenvalue weighted by atomic mass is 32.2. The zero-order valence-electron chi connectivity index (χ0n) is 18.0. The summed E-state index contributed by atoms with van der Waals surface area (Å²) in [6.07, 6.45) is 3.73. The van der Waals surface area contributed by atoms with Gasteiger partial charge in [0, 0.05) is 35.8 Å². The molecular formula is C24H29N3O3S2. The summed E-state index contributed by atoms with van der Waals surface area (Å²) in [7, 11) is -3.17. The number of benzene rings is 2. The fourth-order valence-corrected chi connectivity index (χ4v) is 5.84. The molecule has 32 heavy (non-hydrogen) atoms. The molecular weight excluding hydrogens is 442 g/mol. The van der Waals surface area contributed by atoms with E-state index in [1.165, 1.54) is 0 Å². The van der Waals surface area contributed by atoms with Gasteiger partial charge < -0.3 is 15.2 Å². The molecule has 0 unspecified atom stereocenters. The summed E-state index contributed by atoms with van der Waals surface area (Å²) >= 11 is 4.19. The Hall–Kier alpha value is -2.32. The first kappa shape index (κ1) is 22.9. The van der Waals surface area contributed by atoms with Crippen LogP contribution in [0.4, 0.5) is 0 Å². The number of amides is 1. The lowest BCUT2D eigenvalue weighted by molar-refractivity contribution is 0.0709. The minimum atomic E-state index is -3.17. The molecule has 0 aromatic heterocycles. The van der Waals surface area contributed by atoms with Crippen molar-refractivity contribution in [3.05, 3.63) is 59.8 Å². The van der Waals surface area contributed by atoms with Gasteiger partial charge in [0.1, 0.15) is 0 Å². The second-order valence-electron chi connectivity index (χ2n) is 8.65. The third-order valence-electron chi connectivity index (χ3n) is 6.04. The number of hydrogen-bond donors (Lipinski definition) is 2. The van der Waals surface area contributed by atoms with Gasteiger partial charge in [-0.1, -0.05) is 36.4 Å². The van der Waals surface area contributed by atoms with Crippen molar-refractivity contribution in [2.24, 2.45) is 5.92 Å².